The number of allylic oxidation sites excluding steroid dienone is 1. The maximum absolute atomic E-state index is 13.4. The number of amidine groups is 1. The van der Waals surface area contributed by atoms with E-state index in [4.69, 9.17) is 4.52 Å². The maximum atomic E-state index is 13.4. The van der Waals surface area contributed by atoms with E-state index in [0.717, 1.165) is 6.26 Å². The van der Waals surface area contributed by atoms with Gasteiger partial charge in [-0.2, -0.15) is 0 Å². The fraction of sp³-hybridized carbons (Fsp3) is 0.455. The van der Waals surface area contributed by atoms with Crippen LogP contribution in [0.15, 0.2) is 46.1 Å². The Balaban J connectivity index is 2.04. The fourth-order valence-electron chi connectivity index (χ4n) is 3.77. The first-order valence-electron chi connectivity index (χ1n) is 11.0. The van der Waals surface area contributed by atoms with Gasteiger partial charge in [-0.25, -0.2) is 0 Å². The molecule has 1 aromatic rings. The Bertz CT molecular complexity index is 1200. The first-order chi connectivity index (χ1) is 15.7. The van der Waals surface area contributed by atoms with Crippen LogP contribution in [-0.4, -0.2) is 54.5 Å². The predicted octanol–water partition coefficient (Wildman–Crippen LogP) is 3.03. The minimum atomic E-state index is -4.00. The van der Waals surface area contributed by atoms with Gasteiger partial charge in [0.25, 0.3) is 0 Å². The molecule has 3 rings (SSSR count). The third kappa shape index (κ3) is 5.43. The zero-order valence-electron chi connectivity index (χ0n) is 20.3. The number of hydrogen-bond acceptors (Lipinski definition) is 8. The molecule has 0 radical (unpaired) electrons. The van der Waals surface area contributed by atoms with Crippen molar-refractivity contribution < 1.29 is 27.7 Å². The number of hydrogen-bond donors (Lipinski definition) is 4. The summed E-state index contributed by atoms with van der Waals surface area (Å²) < 4.78 is 35.7. The van der Waals surface area contributed by atoms with Gasteiger partial charge >= 0.3 is 201 Å². The van der Waals surface area contributed by atoms with Crippen molar-refractivity contribution in [2.24, 2.45) is 10.2 Å². The molecule has 10 nitrogen and oxygen atoms in total. The molecule has 0 spiro atoms. The van der Waals surface area contributed by atoms with E-state index in [9.17, 15) is 23.2 Å². The molecule has 2 heterocycles. The molecule has 0 saturated heterocycles. The van der Waals surface area contributed by atoms with Gasteiger partial charge in [0.2, 0.25) is 0 Å². The van der Waals surface area contributed by atoms with Crippen molar-refractivity contribution in [2.45, 2.75) is 41.0 Å². The van der Waals surface area contributed by atoms with Gasteiger partial charge in [-0.15, -0.1) is 0 Å². The molecule has 188 valence electrons. The number of benzene rings is 1. The van der Waals surface area contributed by atoms with Crippen molar-refractivity contribution in [1.82, 2.24) is 4.90 Å². The Labute approximate surface area is 201 Å². The monoisotopic (exact) mass is 512 g/mol. The van der Waals surface area contributed by atoms with E-state index in [1.54, 1.807) is 26.0 Å². The number of anilines is 2. The summed E-state index contributed by atoms with van der Waals surface area (Å²) in [5, 5.41) is 14.3. The number of fused-ring (bicyclic) bond motifs is 1. The molecule has 0 aliphatic carbocycles. The number of carbonyl (C=O) groups excluding carboxylic acids is 1. The molecule has 4 N–H and O–H groups in total. The molecule has 1 aromatic carbocycles. The standard InChI is InChI=1S/C22H33N4O6PS/c1-7-16-19(27)18(21(28)26(16)12-11-22(3,4)5)20-23-15-10-9-14(25-34(6,30)31)13-17(15)33(29,24-20)32-8-2/h7,9-10,13,25,27,29,33H,8,11-12H2,1-6H3,(H,23,24)/b16-7+. The summed E-state index contributed by atoms with van der Waals surface area (Å²) in [6, 6.07) is 4.55. The van der Waals surface area contributed by atoms with Crippen LogP contribution in [0, 0.1) is 5.41 Å². The summed E-state index contributed by atoms with van der Waals surface area (Å²) in [5.41, 5.74) is 0.980. The molecular weight excluding hydrogens is 479 g/mol. The number of sulfonamides is 1. The van der Waals surface area contributed by atoms with Crippen molar-refractivity contribution in [3.05, 3.63) is 41.3 Å². The Morgan fingerprint density at radius 1 is 1.32 bits per heavy atom. The van der Waals surface area contributed by atoms with Crippen LogP contribution in [0.25, 0.3) is 0 Å². The topological polar surface area (TPSA) is 141 Å². The quantitative estimate of drug-likeness (QED) is 0.412. The van der Waals surface area contributed by atoms with E-state index in [0.29, 0.717) is 29.7 Å². The molecule has 0 unspecified atom stereocenters. The molecule has 0 atom stereocenters. The number of nitrogens with one attached hydrogen (secondary N) is 2. The van der Waals surface area contributed by atoms with E-state index in [1.165, 1.54) is 17.0 Å². The van der Waals surface area contributed by atoms with Crippen molar-refractivity contribution in [2.75, 3.05) is 29.4 Å². The van der Waals surface area contributed by atoms with Gasteiger partial charge in [0.1, 0.15) is 0 Å². The predicted molar refractivity (Wildman–Crippen MR) is 137 cm³/mol. The van der Waals surface area contributed by atoms with Crippen molar-refractivity contribution in [3.63, 3.8) is 0 Å². The molecule has 0 aromatic heterocycles. The Kier molecular flexibility index (Phi) is 7.15. The van der Waals surface area contributed by atoms with Gasteiger partial charge in [0.05, 0.1) is 0 Å². The number of nitrogens with zero attached hydrogens (tertiary/aromatic N) is 2. The van der Waals surface area contributed by atoms with Crippen LogP contribution in [-0.2, 0) is 19.3 Å². The molecule has 0 bridgehead atoms. The van der Waals surface area contributed by atoms with E-state index >= 15 is 0 Å². The molecule has 34 heavy (non-hydrogen) atoms. The number of carbonyl (C=O) groups is 1. The normalized spacial score (nSPS) is 20.2. The van der Waals surface area contributed by atoms with Crippen LogP contribution in [0.5, 0.6) is 0 Å². The van der Waals surface area contributed by atoms with Gasteiger partial charge in [-0.3, -0.25) is 0 Å². The van der Waals surface area contributed by atoms with Crippen LogP contribution in [0.4, 0.5) is 11.4 Å². The second kappa shape index (κ2) is 9.30. The fourth-order valence-corrected chi connectivity index (χ4v) is 6.38. The van der Waals surface area contributed by atoms with Gasteiger partial charge in [-0.05, 0) is 0 Å². The van der Waals surface area contributed by atoms with Crippen LogP contribution >= 0.6 is 7.87 Å². The Hall–Kier alpha value is -2.46. The summed E-state index contributed by atoms with van der Waals surface area (Å²) in [4.78, 5) is 26.3. The third-order valence-corrected chi connectivity index (χ3v) is 8.30. The van der Waals surface area contributed by atoms with Crippen molar-refractivity contribution in [3.8, 4) is 0 Å². The third-order valence-electron chi connectivity index (χ3n) is 5.36. The average molecular weight is 513 g/mol. The van der Waals surface area contributed by atoms with Gasteiger partial charge in [0.15, 0.2) is 0 Å². The zero-order chi connectivity index (χ0) is 25.5. The first kappa shape index (κ1) is 26.2. The van der Waals surface area contributed by atoms with Crippen molar-refractivity contribution >= 4 is 46.3 Å². The number of aliphatic hydroxyl groups is 1. The van der Waals surface area contributed by atoms with Crippen molar-refractivity contribution in [1.29, 1.82) is 0 Å². The van der Waals surface area contributed by atoms with Gasteiger partial charge in [-0.1, -0.05) is 0 Å². The van der Waals surface area contributed by atoms with Crippen LogP contribution in [0.3, 0.4) is 0 Å². The Morgan fingerprint density at radius 3 is 2.56 bits per heavy atom. The molecule has 2 aliphatic rings. The van der Waals surface area contributed by atoms with Gasteiger partial charge in [0, 0.05) is 0 Å². The zero-order valence-corrected chi connectivity index (χ0v) is 22.1. The van der Waals surface area contributed by atoms with E-state index in [1.807, 2.05) is 0 Å². The number of amides is 1. The second-order valence-electron chi connectivity index (χ2n) is 9.43. The first-order valence-corrected chi connectivity index (χ1v) is 14.7. The van der Waals surface area contributed by atoms with E-state index < -0.39 is 23.8 Å². The Morgan fingerprint density at radius 2 is 2.00 bits per heavy atom. The summed E-state index contributed by atoms with van der Waals surface area (Å²) in [5.74, 6) is -0.633. The number of rotatable bonds is 7. The minimum absolute atomic E-state index is 0.0130. The molecule has 12 heteroatoms. The summed E-state index contributed by atoms with van der Waals surface area (Å²) in [6.07, 6.45) is 3.40. The van der Waals surface area contributed by atoms with Gasteiger partial charge < -0.3 is 0 Å². The summed E-state index contributed by atoms with van der Waals surface area (Å²) in [6.45, 7) is 10.2. The molecule has 0 fully saturated rings. The molecule has 1 amide bonds. The van der Waals surface area contributed by atoms with E-state index in [2.05, 4.69) is 35.6 Å². The molecule has 2 aliphatic heterocycles. The molecular formula is C22H33N4O6PS. The van der Waals surface area contributed by atoms with Crippen LogP contribution in [0.1, 0.15) is 41.0 Å². The number of aliphatic hydroxyl groups excluding tert-OH is 1. The van der Waals surface area contributed by atoms with E-state index in [-0.39, 0.29) is 34.9 Å². The summed E-state index contributed by atoms with van der Waals surface area (Å²) >= 11 is 0. The second-order valence-corrected chi connectivity index (χ2v) is 13.4. The summed E-state index contributed by atoms with van der Waals surface area (Å²) in [7, 11) is -7.53. The van der Waals surface area contributed by atoms with Crippen LogP contribution < -0.4 is 15.3 Å². The SMILES string of the molecule is C/C=C1\C(O)=C(C2=N[PH](O)(OCC)c3cc(NS(C)(=O)=O)ccc3N2)C(=O)N1CCC(C)(C)C. The average Bonchev–Trinajstić information content (AvgIpc) is 2.94. The van der Waals surface area contributed by atoms with Crippen LogP contribution in [0.2, 0.25) is 0 Å². The molecule has 0 saturated carbocycles.